The minimum Gasteiger partial charge on any atom is -0.460 e. The second kappa shape index (κ2) is 12.4. The smallest absolute Gasteiger partial charge is 0.351 e. The molecule has 0 bridgehead atoms. The van der Waals surface area contributed by atoms with Crippen molar-refractivity contribution in [2.75, 3.05) is 52.4 Å². The molecular formula is C18H29N5O6. The molecule has 2 aliphatic rings. The minimum absolute atomic E-state index is 0.0805. The Morgan fingerprint density at radius 2 is 1.48 bits per heavy atom. The molecule has 29 heavy (non-hydrogen) atoms. The summed E-state index contributed by atoms with van der Waals surface area (Å²) in [4.78, 5) is 51.9. The average Bonchev–Trinajstić information content (AvgIpc) is 3.27. The Bertz CT molecular complexity index is 651. The van der Waals surface area contributed by atoms with Gasteiger partial charge in [0.05, 0.1) is 6.54 Å². The van der Waals surface area contributed by atoms with Crippen LogP contribution in [0, 0.1) is 0 Å². The normalized spacial score (nSPS) is 15.1. The van der Waals surface area contributed by atoms with E-state index in [1.807, 2.05) is 0 Å². The summed E-state index contributed by atoms with van der Waals surface area (Å²) in [6.07, 6.45) is 0. The molecule has 2 saturated heterocycles. The maximum absolute atomic E-state index is 11.1. The Morgan fingerprint density at radius 1 is 0.966 bits per heavy atom. The number of hydrogen-bond acceptors (Lipinski definition) is 7. The van der Waals surface area contributed by atoms with E-state index in [2.05, 4.69) is 34.1 Å². The highest BCUT2D eigenvalue weighted by atomic mass is 16.7. The van der Waals surface area contributed by atoms with Crippen molar-refractivity contribution in [3.8, 4) is 0 Å². The lowest BCUT2D eigenvalue weighted by atomic mass is 10.4. The van der Waals surface area contributed by atoms with Crippen LogP contribution >= 0.6 is 0 Å². The van der Waals surface area contributed by atoms with Gasteiger partial charge < -0.3 is 30.0 Å². The molecule has 4 amide bonds. The fourth-order valence-electron chi connectivity index (χ4n) is 2.21. The van der Waals surface area contributed by atoms with E-state index < -0.39 is 11.9 Å². The summed E-state index contributed by atoms with van der Waals surface area (Å²) in [5.41, 5.74) is 3.19. The number of urea groups is 2. The van der Waals surface area contributed by atoms with Gasteiger partial charge in [-0.25, -0.2) is 19.2 Å². The fourth-order valence-corrected chi connectivity index (χ4v) is 2.21. The second-order valence-corrected chi connectivity index (χ2v) is 6.42. The first-order valence-corrected chi connectivity index (χ1v) is 9.20. The van der Waals surface area contributed by atoms with Crippen LogP contribution in [-0.4, -0.2) is 86.2 Å². The fraction of sp³-hybridized carbons (Fsp3) is 0.556. The lowest BCUT2D eigenvalue weighted by molar-refractivity contribution is -0.146. The molecule has 11 heteroatoms. The molecule has 2 rings (SSSR count). The molecule has 0 atom stereocenters. The van der Waals surface area contributed by atoms with Crippen molar-refractivity contribution in [1.82, 2.24) is 25.9 Å². The molecule has 0 aromatic rings. The van der Waals surface area contributed by atoms with E-state index in [-0.39, 0.29) is 18.7 Å². The molecule has 0 aromatic carbocycles. The van der Waals surface area contributed by atoms with Crippen LogP contribution < -0.4 is 16.1 Å². The van der Waals surface area contributed by atoms with Gasteiger partial charge in [-0.3, -0.25) is 0 Å². The van der Waals surface area contributed by atoms with Crippen LogP contribution in [-0.2, 0) is 19.2 Å². The van der Waals surface area contributed by atoms with Gasteiger partial charge in [0.15, 0.2) is 0 Å². The average molecular weight is 411 g/mol. The monoisotopic (exact) mass is 411 g/mol. The molecule has 2 aliphatic heterocycles. The van der Waals surface area contributed by atoms with E-state index in [1.165, 1.54) is 0 Å². The standard InChI is InChI=1S/C9H15N3O3.C9H14N2O3/c1-7(2)8(13)15-11-4-6-12-5-3-10-9(12)14;1-7(2)8(12)14-6-5-11-4-3-10-9(11)13/h11H,1,3-6H2,2H3,(H,10,14);1,3-6H2,2H3,(H,10,13). The van der Waals surface area contributed by atoms with E-state index in [1.54, 1.807) is 23.6 Å². The minimum atomic E-state index is -0.485. The first kappa shape index (κ1) is 24.0. The van der Waals surface area contributed by atoms with Crippen LogP contribution in [0.15, 0.2) is 24.3 Å². The summed E-state index contributed by atoms with van der Waals surface area (Å²) in [5, 5.41) is 5.33. The molecule has 0 aromatic heterocycles. The third kappa shape index (κ3) is 9.10. The molecule has 0 aliphatic carbocycles. The zero-order valence-corrected chi connectivity index (χ0v) is 16.9. The lowest BCUT2D eigenvalue weighted by Crippen LogP contribution is -2.35. The molecule has 0 saturated carbocycles. The van der Waals surface area contributed by atoms with Crippen molar-refractivity contribution >= 4 is 24.0 Å². The molecule has 11 nitrogen and oxygen atoms in total. The van der Waals surface area contributed by atoms with Gasteiger partial charge in [0, 0.05) is 50.4 Å². The van der Waals surface area contributed by atoms with Gasteiger partial charge in [-0.15, -0.1) is 0 Å². The van der Waals surface area contributed by atoms with E-state index in [0.717, 1.165) is 0 Å². The Hall–Kier alpha value is -3.08. The Labute approximate surface area is 170 Å². The van der Waals surface area contributed by atoms with Gasteiger partial charge in [0.25, 0.3) is 0 Å². The third-order valence-corrected chi connectivity index (χ3v) is 3.83. The number of carbonyl (C=O) groups excluding carboxylic acids is 4. The zero-order valence-electron chi connectivity index (χ0n) is 16.9. The third-order valence-electron chi connectivity index (χ3n) is 3.83. The van der Waals surface area contributed by atoms with Crippen molar-refractivity contribution < 1.29 is 28.8 Å². The number of nitrogens with one attached hydrogen (secondary N) is 3. The van der Waals surface area contributed by atoms with Gasteiger partial charge in [0.1, 0.15) is 6.61 Å². The van der Waals surface area contributed by atoms with Crippen molar-refractivity contribution in [1.29, 1.82) is 0 Å². The maximum atomic E-state index is 11.1. The molecule has 3 N–H and O–H groups in total. The van der Waals surface area contributed by atoms with E-state index in [0.29, 0.717) is 57.0 Å². The first-order chi connectivity index (χ1) is 13.7. The van der Waals surface area contributed by atoms with Gasteiger partial charge in [-0.2, -0.15) is 5.48 Å². The van der Waals surface area contributed by atoms with Crippen molar-refractivity contribution in [3.63, 3.8) is 0 Å². The van der Waals surface area contributed by atoms with Crippen LogP contribution in [0.1, 0.15) is 13.8 Å². The summed E-state index contributed by atoms with van der Waals surface area (Å²) in [5.74, 6) is -0.898. The number of ether oxygens (including phenoxy) is 1. The van der Waals surface area contributed by atoms with E-state index >= 15 is 0 Å². The largest absolute Gasteiger partial charge is 0.460 e. The number of nitrogens with zero attached hydrogens (tertiary/aromatic N) is 2. The molecular weight excluding hydrogens is 382 g/mol. The van der Waals surface area contributed by atoms with Gasteiger partial charge >= 0.3 is 24.0 Å². The lowest BCUT2D eigenvalue weighted by Gasteiger charge is -2.13. The Morgan fingerprint density at radius 3 is 1.93 bits per heavy atom. The van der Waals surface area contributed by atoms with Crippen LogP contribution in [0.5, 0.6) is 0 Å². The molecule has 0 radical (unpaired) electrons. The van der Waals surface area contributed by atoms with Crippen LogP contribution in [0.25, 0.3) is 0 Å². The van der Waals surface area contributed by atoms with Gasteiger partial charge in [0.2, 0.25) is 0 Å². The van der Waals surface area contributed by atoms with Crippen LogP contribution in [0.2, 0.25) is 0 Å². The molecule has 2 heterocycles. The van der Waals surface area contributed by atoms with Crippen molar-refractivity contribution in [3.05, 3.63) is 24.3 Å². The Kier molecular flexibility index (Phi) is 10.2. The quantitative estimate of drug-likeness (QED) is 0.207. The van der Waals surface area contributed by atoms with E-state index in [4.69, 9.17) is 4.74 Å². The van der Waals surface area contributed by atoms with Crippen LogP contribution in [0.4, 0.5) is 9.59 Å². The number of carbonyl (C=O) groups is 4. The number of hydrogen-bond donors (Lipinski definition) is 3. The van der Waals surface area contributed by atoms with Crippen molar-refractivity contribution in [2.24, 2.45) is 0 Å². The number of hydroxylamine groups is 1. The summed E-state index contributed by atoms with van der Waals surface area (Å²) in [6, 6.07) is -0.181. The molecule has 0 unspecified atom stereocenters. The zero-order chi connectivity index (χ0) is 21.8. The maximum Gasteiger partial charge on any atom is 0.351 e. The molecule has 0 spiro atoms. The second-order valence-electron chi connectivity index (χ2n) is 6.42. The Balaban J connectivity index is 0.000000291. The summed E-state index contributed by atoms with van der Waals surface area (Å²) >= 11 is 0. The highest BCUT2D eigenvalue weighted by molar-refractivity contribution is 5.87. The van der Waals surface area contributed by atoms with Crippen LogP contribution in [0.3, 0.4) is 0 Å². The van der Waals surface area contributed by atoms with Gasteiger partial charge in [-0.05, 0) is 13.8 Å². The summed E-state index contributed by atoms with van der Waals surface area (Å²) < 4.78 is 4.85. The topological polar surface area (TPSA) is 129 Å². The number of amides is 4. The van der Waals surface area contributed by atoms with Crippen molar-refractivity contribution in [2.45, 2.75) is 13.8 Å². The number of esters is 1. The van der Waals surface area contributed by atoms with E-state index in [9.17, 15) is 19.2 Å². The molecule has 162 valence electrons. The number of rotatable bonds is 9. The highest BCUT2D eigenvalue weighted by Crippen LogP contribution is 1.98. The summed E-state index contributed by atoms with van der Waals surface area (Å²) in [6.45, 7) is 14.3. The summed E-state index contributed by atoms with van der Waals surface area (Å²) in [7, 11) is 0. The predicted molar refractivity (Wildman–Crippen MR) is 105 cm³/mol. The van der Waals surface area contributed by atoms with Gasteiger partial charge in [-0.1, -0.05) is 13.2 Å². The predicted octanol–water partition coefficient (Wildman–Crippen LogP) is -0.234. The first-order valence-electron chi connectivity index (χ1n) is 9.20. The SMILES string of the molecule is C=C(C)C(=O)OCCN1CCNC1=O.C=C(C)C(=O)ONCCN1CCNC1=O. The highest BCUT2D eigenvalue weighted by Gasteiger charge is 2.19. The molecule has 2 fully saturated rings.